The van der Waals surface area contributed by atoms with E-state index in [4.69, 9.17) is 5.73 Å². The molecule has 0 aliphatic rings. The summed E-state index contributed by atoms with van der Waals surface area (Å²) in [5.74, 6) is 0. The molecule has 0 fully saturated rings. The van der Waals surface area contributed by atoms with E-state index in [1.807, 2.05) is 26.0 Å². The van der Waals surface area contributed by atoms with Gasteiger partial charge in [0, 0.05) is 17.2 Å². The van der Waals surface area contributed by atoms with Crippen molar-refractivity contribution in [2.45, 2.75) is 25.3 Å². The Hall–Kier alpha value is -1.38. The van der Waals surface area contributed by atoms with Crippen molar-refractivity contribution in [1.29, 1.82) is 0 Å². The molecule has 1 aromatic carbocycles. The number of aryl methyl sites for hydroxylation is 2. The summed E-state index contributed by atoms with van der Waals surface area (Å²) in [5.41, 5.74) is 7.86. The molecule has 1 heterocycles. The van der Waals surface area contributed by atoms with Crippen LogP contribution in [0.15, 0.2) is 33.9 Å². The lowest BCUT2D eigenvalue weighted by atomic mass is 10.1. The van der Waals surface area contributed by atoms with Crippen LogP contribution in [0.5, 0.6) is 0 Å². The fraction of sp³-hybridized carbons (Fsp3) is 0.308. The second kappa shape index (κ2) is 6.17. The molecule has 3 N–H and O–H groups in total. The molecule has 2 rings (SSSR count). The molecule has 8 heteroatoms. The van der Waals surface area contributed by atoms with Gasteiger partial charge in [-0.3, -0.25) is 9.40 Å². The predicted molar refractivity (Wildman–Crippen MR) is 85.7 cm³/mol. The van der Waals surface area contributed by atoms with Gasteiger partial charge in [0.1, 0.15) is 4.90 Å². The topological polar surface area (TPSA) is 90.0 Å². The summed E-state index contributed by atoms with van der Waals surface area (Å²) in [6, 6.07) is 3.78. The fourth-order valence-corrected chi connectivity index (χ4v) is 3.98. The number of hydrogen-bond donors (Lipinski definition) is 2. The third-order valence-corrected chi connectivity index (χ3v) is 4.88. The highest BCUT2D eigenvalue weighted by molar-refractivity contribution is 9.10. The molecule has 0 unspecified atom stereocenters. The van der Waals surface area contributed by atoms with Gasteiger partial charge in [0.2, 0.25) is 0 Å². The van der Waals surface area contributed by atoms with Gasteiger partial charge < -0.3 is 5.73 Å². The minimum absolute atomic E-state index is 0.114. The average Bonchev–Trinajstić information content (AvgIpc) is 2.84. The van der Waals surface area contributed by atoms with Crippen LogP contribution >= 0.6 is 15.9 Å². The summed E-state index contributed by atoms with van der Waals surface area (Å²) in [6.45, 7) is 4.68. The van der Waals surface area contributed by atoms with E-state index >= 15 is 0 Å². The number of anilines is 1. The largest absolute Gasteiger partial charge is 0.329 e. The summed E-state index contributed by atoms with van der Waals surface area (Å²) >= 11 is 3.39. The zero-order chi connectivity index (χ0) is 15.6. The molecule has 21 heavy (non-hydrogen) atoms. The zero-order valence-electron chi connectivity index (χ0n) is 11.8. The van der Waals surface area contributed by atoms with Gasteiger partial charge in [-0.1, -0.05) is 6.07 Å². The predicted octanol–water partition coefficient (Wildman–Crippen LogP) is 2.02. The van der Waals surface area contributed by atoms with E-state index in [9.17, 15) is 8.42 Å². The Morgan fingerprint density at radius 3 is 2.71 bits per heavy atom. The first-order valence-electron chi connectivity index (χ1n) is 6.35. The second-order valence-corrected chi connectivity index (χ2v) is 7.31. The maximum absolute atomic E-state index is 12.4. The smallest absolute Gasteiger partial charge is 0.265 e. The molecule has 0 saturated heterocycles. The van der Waals surface area contributed by atoms with Gasteiger partial charge >= 0.3 is 0 Å². The summed E-state index contributed by atoms with van der Waals surface area (Å²) in [5, 5.41) is 3.98. The van der Waals surface area contributed by atoms with Crippen LogP contribution in [0.2, 0.25) is 0 Å². The van der Waals surface area contributed by atoms with E-state index in [0.717, 1.165) is 11.1 Å². The number of nitrogens with two attached hydrogens (primary N) is 1. The van der Waals surface area contributed by atoms with Crippen LogP contribution in [0.3, 0.4) is 0 Å². The normalized spacial score (nSPS) is 11.6. The number of hydrogen-bond acceptors (Lipinski definition) is 4. The van der Waals surface area contributed by atoms with E-state index in [1.165, 1.54) is 17.1 Å². The number of aromatic nitrogens is 2. The van der Waals surface area contributed by atoms with Gasteiger partial charge in [-0.15, -0.1) is 0 Å². The van der Waals surface area contributed by atoms with Crippen LogP contribution in [0, 0.1) is 13.8 Å². The Morgan fingerprint density at radius 2 is 2.10 bits per heavy atom. The number of nitrogens with one attached hydrogen (secondary N) is 1. The van der Waals surface area contributed by atoms with Crippen molar-refractivity contribution >= 4 is 31.6 Å². The van der Waals surface area contributed by atoms with Gasteiger partial charge in [0.15, 0.2) is 0 Å². The van der Waals surface area contributed by atoms with Crippen molar-refractivity contribution in [3.05, 3.63) is 40.1 Å². The van der Waals surface area contributed by atoms with E-state index in [-0.39, 0.29) is 4.90 Å². The average molecular weight is 373 g/mol. The lowest BCUT2D eigenvalue weighted by molar-refractivity contribution is 0.599. The number of nitrogens with zero attached hydrogens (tertiary/aromatic N) is 2. The molecular weight excluding hydrogens is 356 g/mol. The maximum atomic E-state index is 12.4. The molecule has 0 radical (unpaired) electrons. The number of halogens is 1. The van der Waals surface area contributed by atoms with Crippen molar-refractivity contribution in [2.24, 2.45) is 5.73 Å². The van der Waals surface area contributed by atoms with Crippen molar-refractivity contribution < 1.29 is 8.42 Å². The van der Waals surface area contributed by atoms with Crippen LogP contribution in [0.1, 0.15) is 11.1 Å². The molecule has 6 nitrogen and oxygen atoms in total. The molecule has 1 aromatic heterocycles. The molecule has 0 saturated carbocycles. The van der Waals surface area contributed by atoms with Crippen LogP contribution in [0.4, 0.5) is 5.69 Å². The van der Waals surface area contributed by atoms with Crippen LogP contribution in [0.25, 0.3) is 0 Å². The highest BCUT2D eigenvalue weighted by atomic mass is 79.9. The number of rotatable bonds is 5. The van der Waals surface area contributed by atoms with Crippen LogP contribution < -0.4 is 10.5 Å². The third-order valence-electron chi connectivity index (χ3n) is 2.95. The molecule has 0 bridgehead atoms. The van der Waals surface area contributed by atoms with Crippen molar-refractivity contribution in [3.63, 3.8) is 0 Å². The van der Waals surface area contributed by atoms with E-state index < -0.39 is 10.0 Å². The fourth-order valence-electron chi connectivity index (χ4n) is 1.98. The molecular formula is C13H17BrN4O2S. The Balaban J connectivity index is 2.33. The molecule has 114 valence electrons. The Morgan fingerprint density at radius 1 is 1.38 bits per heavy atom. The van der Waals surface area contributed by atoms with Crippen LogP contribution in [-0.4, -0.2) is 24.7 Å². The van der Waals surface area contributed by atoms with Gasteiger partial charge in [0.05, 0.1) is 18.4 Å². The Bertz CT molecular complexity index is 732. The summed E-state index contributed by atoms with van der Waals surface area (Å²) in [7, 11) is -3.67. The van der Waals surface area contributed by atoms with Gasteiger partial charge in [-0.2, -0.15) is 5.10 Å². The minimum Gasteiger partial charge on any atom is -0.329 e. The summed E-state index contributed by atoms with van der Waals surface area (Å²) in [4.78, 5) is 0.114. The molecule has 0 spiro atoms. The Labute approximate surface area is 132 Å². The highest BCUT2D eigenvalue weighted by Crippen LogP contribution is 2.29. The Kier molecular flexibility index (Phi) is 4.70. The molecule has 2 aromatic rings. The first-order chi connectivity index (χ1) is 9.83. The van der Waals surface area contributed by atoms with Crippen LogP contribution in [-0.2, 0) is 16.6 Å². The van der Waals surface area contributed by atoms with Gasteiger partial charge in [-0.05, 0) is 47.0 Å². The zero-order valence-corrected chi connectivity index (χ0v) is 14.2. The summed E-state index contributed by atoms with van der Waals surface area (Å²) in [6.07, 6.45) is 2.78. The van der Waals surface area contributed by atoms with E-state index in [2.05, 4.69) is 25.8 Å². The lowest BCUT2D eigenvalue weighted by Crippen LogP contribution is -2.14. The first-order valence-corrected chi connectivity index (χ1v) is 8.63. The van der Waals surface area contributed by atoms with Gasteiger partial charge in [-0.25, -0.2) is 8.42 Å². The number of benzene rings is 1. The monoisotopic (exact) mass is 372 g/mol. The van der Waals surface area contributed by atoms with Crippen molar-refractivity contribution in [3.8, 4) is 0 Å². The molecule has 0 aliphatic heterocycles. The highest BCUT2D eigenvalue weighted by Gasteiger charge is 2.19. The number of sulfonamides is 1. The van der Waals surface area contributed by atoms with Gasteiger partial charge in [0.25, 0.3) is 10.0 Å². The van der Waals surface area contributed by atoms with E-state index in [0.29, 0.717) is 23.2 Å². The quantitative estimate of drug-likeness (QED) is 0.839. The van der Waals surface area contributed by atoms with Crippen molar-refractivity contribution in [1.82, 2.24) is 9.78 Å². The summed E-state index contributed by atoms with van der Waals surface area (Å²) < 4.78 is 29.6. The molecule has 0 amide bonds. The molecule has 0 aliphatic carbocycles. The third kappa shape index (κ3) is 3.63. The first kappa shape index (κ1) is 16.0. The second-order valence-electron chi connectivity index (χ2n) is 4.77. The maximum Gasteiger partial charge on any atom is 0.265 e. The minimum atomic E-state index is -3.67. The SMILES string of the molecule is Cc1cc(C)c(NS(=O)(=O)c2cnn(CCN)c2)c(Br)c1. The van der Waals surface area contributed by atoms with E-state index in [1.54, 1.807) is 0 Å². The van der Waals surface area contributed by atoms with Crippen molar-refractivity contribution in [2.75, 3.05) is 11.3 Å². The standard InChI is InChI=1S/C13H17BrN4O2S/c1-9-5-10(2)13(12(14)6-9)17-21(19,20)11-7-16-18(8-11)4-3-15/h5-8,17H,3-4,15H2,1-2H3. The lowest BCUT2D eigenvalue weighted by Gasteiger charge is -2.12. The molecule has 0 atom stereocenters.